The molecule has 21 heavy (non-hydrogen) atoms. The second-order valence-electron chi connectivity index (χ2n) is 5.03. The summed E-state index contributed by atoms with van der Waals surface area (Å²) in [4.78, 5) is 2.14. The van der Waals surface area contributed by atoms with E-state index in [-0.39, 0.29) is 5.75 Å². The third-order valence-corrected chi connectivity index (χ3v) is 4.18. The van der Waals surface area contributed by atoms with Crippen molar-refractivity contribution in [2.24, 2.45) is 5.10 Å². The molecule has 0 saturated heterocycles. The second kappa shape index (κ2) is 8.76. The van der Waals surface area contributed by atoms with Crippen molar-refractivity contribution in [2.45, 2.75) is 18.6 Å². The van der Waals surface area contributed by atoms with Crippen molar-refractivity contribution in [3.63, 3.8) is 0 Å². The van der Waals surface area contributed by atoms with E-state index in [1.54, 1.807) is 12.1 Å². The first-order valence-corrected chi connectivity index (χ1v) is 8.50. The van der Waals surface area contributed by atoms with E-state index in [1.807, 2.05) is 32.4 Å². The van der Waals surface area contributed by atoms with E-state index >= 15 is 0 Å². The van der Waals surface area contributed by atoms with E-state index in [1.165, 1.54) is 7.05 Å². The monoisotopic (exact) mass is 312 g/mol. The Morgan fingerprint density at radius 3 is 2.48 bits per heavy atom. The van der Waals surface area contributed by atoms with E-state index in [2.05, 4.69) is 20.1 Å². The fourth-order valence-electron chi connectivity index (χ4n) is 1.65. The fraction of sp³-hybridized carbons (Fsp3) is 0.500. The Morgan fingerprint density at radius 1 is 1.24 bits per heavy atom. The van der Waals surface area contributed by atoms with Gasteiger partial charge in [0.1, 0.15) is 0 Å². The third kappa shape index (κ3) is 7.79. The Balaban J connectivity index is 2.39. The van der Waals surface area contributed by atoms with Crippen LogP contribution < -0.4 is 10.1 Å². The third-order valence-electron chi connectivity index (χ3n) is 2.85. The highest BCUT2D eigenvalue weighted by atomic mass is 32.2. The van der Waals surface area contributed by atoms with Crippen LogP contribution >= 0.6 is 0 Å². The molecule has 0 unspecified atom stereocenters. The van der Waals surface area contributed by atoms with Gasteiger partial charge >= 0.3 is 0 Å². The van der Waals surface area contributed by atoms with E-state index in [9.17, 15) is 8.42 Å². The van der Waals surface area contributed by atoms with Gasteiger partial charge in [-0.15, -0.1) is 0 Å². The molecule has 0 radical (unpaired) electrons. The quantitative estimate of drug-likeness (QED) is 0.411. The fourth-order valence-corrected chi connectivity index (χ4v) is 2.43. The summed E-state index contributed by atoms with van der Waals surface area (Å²) in [6, 6.07) is 7.19. The van der Waals surface area contributed by atoms with Gasteiger partial charge in [0, 0.05) is 6.21 Å². The maximum Gasteiger partial charge on any atom is 0.215 e. The molecule has 0 saturated carbocycles. The molecule has 0 atom stereocenters. The molecule has 0 heterocycles. The minimum absolute atomic E-state index is 0.0163. The van der Waals surface area contributed by atoms with Crippen molar-refractivity contribution < 1.29 is 8.42 Å². The van der Waals surface area contributed by atoms with Crippen LogP contribution in [0.2, 0.25) is 0 Å². The van der Waals surface area contributed by atoms with E-state index in [0.717, 1.165) is 30.6 Å². The van der Waals surface area contributed by atoms with Crippen molar-refractivity contribution >= 4 is 21.9 Å². The minimum Gasteiger partial charge on any atom is -0.309 e. The number of hydrazone groups is 1. The smallest absolute Gasteiger partial charge is 0.215 e. The van der Waals surface area contributed by atoms with E-state index in [4.69, 9.17) is 0 Å². The van der Waals surface area contributed by atoms with Gasteiger partial charge < -0.3 is 4.90 Å². The number of nitrogens with one attached hydrogen (secondary N) is 2. The molecular weight excluding hydrogens is 288 g/mol. The van der Waals surface area contributed by atoms with Crippen LogP contribution in [0.1, 0.15) is 18.4 Å². The highest BCUT2D eigenvalue weighted by Gasteiger charge is 2.07. The normalized spacial score (nSPS) is 12.2. The molecule has 0 bridgehead atoms. The number of rotatable bonds is 9. The number of unbranched alkanes of at least 4 members (excludes halogenated alkanes) is 1. The lowest BCUT2D eigenvalue weighted by atomic mass is 10.2. The number of hydrogen-bond donors (Lipinski definition) is 2. The number of hydrogen-bond acceptors (Lipinski definition) is 5. The van der Waals surface area contributed by atoms with Crippen LogP contribution in [0.5, 0.6) is 0 Å². The van der Waals surface area contributed by atoms with Gasteiger partial charge in [-0.1, -0.05) is 12.1 Å². The topological polar surface area (TPSA) is 73.8 Å². The standard InChI is InChI=1S/C14H24N4O2S/c1-15-21(19,20)12-13-6-8-14(9-7-13)17-16-10-4-5-11-18(2)3/h6-10,15,17H,4-5,11-12H2,1-3H3/b16-10+. The molecule has 1 aromatic rings. The molecule has 0 aliphatic heterocycles. The molecule has 0 aliphatic carbocycles. The summed E-state index contributed by atoms with van der Waals surface area (Å²) in [5.41, 5.74) is 4.51. The van der Waals surface area contributed by atoms with Crippen LogP contribution in [0, 0.1) is 0 Å². The Bertz CT molecular complexity index is 539. The first kappa shape index (κ1) is 17.6. The second-order valence-corrected chi connectivity index (χ2v) is 6.96. The lowest BCUT2D eigenvalue weighted by molar-refractivity contribution is 0.404. The molecule has 0 spiro atoms. The van der Waals surface area contributed by atoms with Gasteiger partial charge in [0.25, 0.3) is 0 Å². The molecule has 7 heteroatoms. The maximum atomic E-state index is 11.4. The minimum atomic E-state index is -3.22. The number of anilines is 1. The summed E-state index contributed by atoms with van der Waals surface area (Å²) in [6.07, 6.45) is 3.84. The van der Waals surface area contributed by atoms with Crippen LogP contribution in [-0.2, 0) is 15.8 Å². The zero-order valence-corrected chi connectivity index (χ0v) is 13.7. The molecule has 2 N–H and O–H groups in total. The zero-order valence-electron chi connectivity index (χ0n) is 12.8. The van der Waals surface area contributed by atoms with E-state index < -0.39 is 10.0 Å². The van der Waals surface area contributed by atoms with Crippen molar-refractivity contribution in [1.29, 1.82) is 0 Å². The summed E-state index contributed by atoms with van der Waals surface area (Å²) < 4.78 is 25.1. The van der Waals surface area contributed by atoms with Crippen LogP contribution in [0.15, 0.2) is 29.4 Å². The van der Waals surface area contributed by atoms with Gasteiger partial charge in [-0.05, 0) is 58.2 Å². The summed E-state index contributed by atoms with van der Waals surface area (Å²) in [7, 11) is 2.28. The highest BCUT2D eigenvalue weighted by molar-refractivity contribution is 7.88. The summed E-state index contributed by atoms with van der Waals surface area (Å²) in [6.45, 7) is 1.04. The Hall–Kier alpha value is -1.44. The molecule has 1 aromatic carbocycles. The summed E-state index contributed by atoms with van der Waals surface area (Å²) in [5, 5.41) is 4.13. The van der Waals surface area contributed by atoms with Gasteiger partial charge in [-0.2, -0.15) is 5.10 Å². The molecule has 0 aromatic heterocycles. The van der Waals surface area contributed by atoms with Gasteiger partial charge in [-0.25, -0.2) is 13.1 Å². The van der Waals surface area contributed by atoms with E-state index in [0.29, 0.717) is 0 Å². The van der Waals surface area contributed by atoms with Crippen molar-refractivity contribution in [3.8, 4) is 0 Å². The summed E-state index contributed by atoms with van der Waals surface area (Å²) in [5.74, 6) is -0.0163. The number of sulfonamides is 1. The molecule has 6 nitrogen and oxygen atoms in total. The predicted octanol–water partition coefficient (Wildman–Crippen LogP) is 1.48. The molecule has 0 fully saturated rings. The van der Waals surface area contributed by atoms with Crippen molar-refractivity contribution in [3.05, 3.63) is 29.8 Å². The average Bonchev–Trinajstić information content (AvgIpc) is 2.44. The van der Waals surface area contributed by atoms with Crippen molar-refractivity contribution in [1.82, 2.24) is 9.62 Å². The predicted molar refractivity (Wildman–Crippen MR) is 88.0 cm³/mol. The van der Waals surface area contributed by atoms with Crippen molar-refractivity contribution in [2.75, 3.05) is 33.1 Å². The van der Waals surface area contributed by atoms with Crippen LogP contribution in [-0.4, -0.2) is 47.2 Å². The lowest BCUT2D eigenvalue weighted by Gasteiger charge is -2.06. The SMILES string of the molecule is CNS(=O)(=O)Cc1ccc(N/N=C/CCCN(C)C)cc1. The summed E-state index contributed by atoms with van der Waals surface area (Å²) >= 11 is 0. The largest absolute Gasteiger partial charge is 0.309 e. The number of nitrogens with zero attached hydrogens (tertiary/aromatic N) is 2. The van der Waals surface area contributed by atoms with Crippen LogP contribution in [0.3, 0.4) is 0 Å². The highest BCUT2D eigenvalue weighted by Crippen LogP contribution is 2.11. The van der Waals surface area contributed by atoms with Gasteiger partial charge in [0.15, 0.2) is 0 Å². The van der Waals surface area contributed by atoms with Gasteiger partial charge in [-0.3, -0.25) is 5.43 Å². The molecule has 0 amide bonds. The Labute approximate surface area is 127 Å². The Kier molecular flexibility index (Phi) is 7.35. The zero-order chi connectivity index (χ0) is 15.7. The first-order valence-electron chi connectivity index (χ1n) is 6.85. The average molecular weight is 312 g/mol. The van der Waals surface area contributed by atoms with Crippen LogP contribution in [0.25, 0.3) is 0 Å². The lowest BCUT2D eigenvalue weighted by Crippen LogP contribution is -2.20. The van der Waals surface area contributed by atoms with Gasteiger partial charge in [0.2, 0.25) is 10.0 Å². The molecule has 118 valence electrons. The molecule has 0 aliphatic rings. The first-order chi connectivity index (χ1) is 9.93. The van der Waals surface area contributed by atoms with Crippen LogP contribution in [0.4, 0.5) is 5.69 Å². The Morgan fingerprint density at radius 2 is 1.90 bits per heavy atom. The maximum absolute atomic E-state index is 11.4. The number of benzene rings is 1. The molecule has 1 rings (SSSR count). The molecular formula is C14H24N4O2S. The van der Waals surface area contributed by atoms with Gasteiger partial charge in [0.05, 0.1) is 11.4 Å².